The van der Waals surface area contributed by atoms with Crippen molar-refractivity contribution >= 4 is 15.9 Å². The average Bonchev–Trinajstić information content (AvgIpc) is 2.67. The zero-order chi connectivity index (χ0) is 21.6. The van der Waals surface area contributed by atoms with Crippen molar-refractivity contribution in [3.8, 4) is 5.75 Å². The van der Waals surface area contributed by atoms with E-state index in [2.05, 4.69) is 10.0 Å². The first kappa shape index (κ1) is 22.8. The van der Waals surface area contributed by atoms with E-state index >= 15 is 0 Å². The van der Waals surface area contributed by atoms with Gasteiger partial charge in [0.2, 0.25) is 15.9 Å². The number of benzene rings is 2. The van der Waals surface area contributed by atoms with Gasteiger partial charge in [-0.15, -0.1) is 0 Å². The zero-order valence-electron chi connectivity index (χ0n) is 17.0. The Balaban J connectivity index is 2.12. The monoisotopic (exact) mass is 422 g/mol. The lowest BCUT2D eigenvalue weighted by Gasteiger charge is -2.20. The molecule has 2 N–H and O–H groups in total. The summed E-state index contributed by atoms with van der Waals surface area (Å²) in [6, 6.07) is 9.58. The highest BCUT2D eigenvalue weighted by Gasteiger charge is 2.26. The van der Waals surface area contributed by atoms with E-state index < -0.39 is 22.0 Å². The van der Waals surface area contributed by atoms with Crippen molar-refractivity contribution in [2.75, 3.05) is 7.11 Å². The molecule has 0 radical (unpaired) electrons. The maximum absolute atomic E-state index is 13.4. The van der Waals surface area contributed by atoms with Crippen molar-refractivity contribution in [2.24, 2.45) is 5.92 Å². The standard InChI is InChI=1S/C21H27FN2O4S/c1-14(2)11-20(21(25)23-13-16-5-10-19(22)15(3)12-16)24-29(26,27)18-8-6-17(28-4)7-9-18/h5-10,12,14,20,24H,11,13H2,1-4H3,(H,23,25). The first-order valence-electron chi connectivity index (χ1n) is 9.31. The number of carbonyl (C=O) groups excluding carboxylic acids is 1. The smallest absolute Gasteiger partial charge is 0.241 e. The number of hydrogen-bond donors (Lipinski definition) is 2. The third kappa shape index (κ3) is 6.54. The highest BCUT2D eigenvalue weighted by atomic mass is 32.2. The van der Waals surface area contributed by atoms with Gasteiger partial charge < -0.3 is 10.1 Å². The molecule has 0 aromatic heterocycles. The van der Waals surface area contributed by atoms with Crippen LogP contribution in [0, 0.1) is 18.7 Å². The molecule has 0 aliphatic rings. The number of ether oxygens (including phenoxy) is 1. The van der Waals surface area contributed by atoms with Gasteiger partial charge in [0.05, 0.1) is 12.0 Å². The Hall–Kier alpha value is -2.45. The summed E-state index contributed by atoms with van der Waals surface area (Å²) >= 11 is 0. The van der Waals surface area contributed by atoms with Gasteiger partial charge in [-0.25, -0.2) is 12.8 Å². The molecular formula is C21H27FN2O4S. The van der Waals surface area contributed by atoms with E-state index in [1.165, 1.54) is 25.3 Å². The fourth-order valence-corrected chi connectivity index (χ4v) is 4.03. The van der Waals surface area contributed by atoms with E-state index in [1.807, 2.05) is 13.8 Å². The van der Waals surface area contributed by atoms with Crippen LogP contribution >= 0.6 is 0 Å². The topological polar surface area (TPSA) is 84.5 Å². The quantitative estimate of drug-likeness (QED) is 0.650. The number of methoxy groups -OCH3 is 1. The van der Waals surface area contributed by atoms with E-state index in [-0.39, 0.29) is 23.2 Å². The average molecular weight is 423 g/mol. The van der Waals surface area contributed by atoms with E-state index in [0.717, 1.165) is 5.56 Å². The molecule has 0 spiro atoms. The number of amides is 1. The Morgan fingerprint density at radius 2 is 1.79 bits per heavy atom. The second-order valence-corrected chi connectivity index (χ2v) is 8.99. The molecule has 1 atom stereocenters. The number of hydrogen-bond acceptors (Lipinski definition) is 4. The molecule has 1 amide bonds. The molecule has 158 valence electrons. The summed E-state index contributed by atoms with van der Waals surface area (Å²) in [4.78, 5) is 12.7. The molecule has 0 aliphatic carbocycles. The minimum Gasteiger partial charge on any atom is -0.497 e. The lowest BCUT2D eigenvalue weighted by atomic mass is 10.0. The van der Waals surface area contributed by atoms with Crippen LogP contribution < -0.4 is 14.8 Å². The molecule has 0 aliphatic heterocycles. The van der Waals surface area contributed by atoms with Crippen LogP contribution in [-0.2, 0) is 21.4 Å². The van der Waals surface area contributed by atoms with Gasteiger partial charge >= 0.3 is 0 Å². The molecule has 0 heterocycles. The highest BCUT2D eigenvalue weighted by molar-refractivity contribution is 7.89. The molecule has 8 heteroatoms. The van der Waals surface area contributed by atoms with Gasteiger partial charge in [0.15, 0.2) is 0 Å². The van der Waals surface area contributed by atoms with Gasteiger partial charge in [0.25, 0.3) is 0 Å². The summed E-state index contributed by atoms with van der Waals surface area (Å²) in [5, 5.41) is 2.74. The second kappa shape index (κ2) is 9.84. The fraction of sp³-hybridized carbons (Fsp3) is 0.381. The van der Waals surface area contributed by atoms with Crippen molar-refractivity contribution in [1.82, 2.24) is 10.0 Å². The van der Waals surface area contributed by atoms with Gasteiger partial charge in [-0.3, -0.25) is 4.79 Å². The number of nitrogens with one attached hydrogen (secondary N) is 2. The Morgan fingerprint density at radius 1 is 1.14 bits per heavy atom. The highest BCUT2D eigenvalue weighted by Crippen LogP contribution is 2.17. The maximum Gasteiger partial charge on any atom is 0.241 e. The van der Waals surface area contributed by atoms with Crippen LogP contribution in [0.1, 0.15) is 31.4 Å². The van der Waals surface area contributed by atoms with Crippen molar-refractivity contribution in [1.29, 1.82) is 0 Å². The Morgan fingerprint density at radius 3 is 2.34 bits per heavy atom. The van der Waals surface area contributed by atoms with Gasteiger partial charge in [-0.2, -0.15) is 4.72 Å². The van der Waals surface area contributed by atoms with Crippen LogP contribution in [0.15, 0.2) is 47.4 Å². The molecule has 2 aromatic carbocycles. The molecule has 0 saturated heterocycles. The molecule has 1 unspecified atom stereocenters. The van der Waals surface area contributed by atoms with E-state index in [1.54, 1.807) is 31.2 Å². The van der Waals surface area contributed by atoms with Gasteiger partial charge in [0, 0.05) is 6.54 Å². The first-order chi connectivity index (χ1) is 13.6. The lowest BCUT2D eigenvalue weighted by Crippen LogP contribution is -2.47. The third-order valence-corrected chi connectivity index (χ3v) is 5.87. The molecule has 2 aromatic rings. The maximum atomic E-state index is 13.4. The van der Waals surface area contributed by atoms with E-state index in [0.29, 0.717) is 17.7 Å². The third-order valence-electron chi connectivity index (χ3n) is 4.38. The molecule has 0 saturated carbocycles. The van der Waals surface area contributed by atoms with Crippen LogP contribution in [-0.4, -0.2) is 27.5 Å². The van der Waals surface area contributed by atoms with Crippen LogP contribution in [0.2, 0.25) is 0 Å². The minimum absolute atomic E-state index is 0.0500. The molecule has 0 bridgehead atoms. The van der Waals surface area contributed by atoms with Crippen molar-refractivity contribution in [3.05, 3.63) is 59.4 Å². The Bertz CT molecular complexity index is 944. The molecule has 2 rings (SSSR count). The summed E-state index contributed by atoms with van der Waals surface area (Å²) in [5.41, 5.74) is 1.22. The summed E-state index contributed by atoms with van der Waals surface area (Å²) in [5.74, 6) is -0.116. The lowest BCUT2D eigenvalue weighted by molar-refractivity contribution is -0.123. The number of carbonyl (C=O) groups is 1. The normalized spacial score (nSPS) is 12.6. The Kier molecular flexibility index (Phi) is 7.75. The predicted molar refractivity (Wildman–Crippen MR) is 110 cm³/mol. The second-order valence-electron chi connectivity index (χ2n) is 7.28. The van der Waals surface area contributed by atoms with E-state index in [4.69, 9.17) is 4.74 Å². The number of halogens is 1. The number of rotatable bonds is 9. The summed E-state index contributed by atoms with van der Waals surface area (Å²) in [6.45, 7) is 5.64. The molecule has 6 nitrogen and oxygen atoms in total. The Labute approximate surface area is 171 Å². The molecule has 29 heavy (non-hydrogen) atoms. The summed E-state index contributed by atoms with van der Waals surface area (Å²) < 4.78 is 46.3. The minimum atomic E-state index is -3.89. The summed E-state index contributed by atoms with van der Waals surface area (Å²) in [6.07, 6.45) is 0.337. The van der Waals surface area contributed by atoms with Crippen LogP contribution in [0.4, 0.5) is 4.39 Å². The summed E-state index contributed by atoms with van der Waals surface area (Å²) in [7, 11) is -2.39. The SMILES string of the molecule is COc1ccc(S(=O)(=O)NC(CC(C)C)C(=O)NCc2ccc(F)c(C)c2)cc1. The van der Waals surface area contributed by atoms with Crippen LogP contribution in [0.3, 0.4) is 0 Å². The van der Waals surface area contributed by atoms with Crippen LogP contribution in [0.25, 0.3) is 0 Å². The van der Waals surface area contributed by atoms with Gasteiger partial charge in [-0.05, 0) is 60.7 Å². The fourth-order valence-electron chi connectivity index (χ4n) is 2.82. The van der Waals surface area contributed by atoms with Crippen molar-refractivity contribution < 1.29 is 22.3 Å². The largest absolute Gasteiger partial charge is 0.497 e. The van der Waals surface area contributed by atoms with Gasteiger partial charge in [-0.1, -0.05) is 26.0 Å². The first-order valence-corrected chi connectivity index (χ1v) is 10.8. The van der Waals surface area contributed by atoms with Crippen molar-refractivity contribution in [2.45, 2.75) is 44.7 Å². The number of sulfonamides is 1. The van der Waals surface area contributed by atoms with Crippen LogP contribution in [0.5, 0.6) is 5.75 Å². The number of aryl methyl sites for hydroxylation is 1. The van der Waals surface area contributed by atoms with Crippen molar-refractivity contribution in [3.63, 3.8) is 0 Å². The zero-order valence-corrected chi connectivity index (χ0v) is 17.8. The molecular weight excluding hydrogens is 395 g/mol. The predicted octanol–water partition coefficient (Wildman–Crippen LogP) is 3.15. The molecule has 0 fully saturated rings. The van der Waals surface area contributed by atoms with Gasteiger partial charge in [0.1, 0.15) is 17.6 Å². The van der Waals surface area contributed by atoms with E-state index in [9.17, 15) is 17.6 Å².